The summed E-state index contributed by atoms with van der Waals surface area (Å²) in [7, 11) is 0. The number of nitrogens with one attached hydrogen (secondary N) is 1. The fourth-order valence-corrected chi connectivity index (χ4v) is 4.21. The van der Waals surface area contributed by atoms with Crippen LogP contribution in [0.25, 0.3) is 17.2 Å². The highest BCUT2D eigenvalue weighted by Gasteiger charge is 2.19. The van der Waals surface area contributed by atoms with Crippen molar-refractivity contribution in [3.05, 3.63) is 104 Å². The van der Waals surface area contributed by atoms with Crippen molar-refractivity contribution < 1.29 is 14.3 Å². The van der Waals surface area contributed by atoms with Gasteiger partial charge < -0.3 is 16.2 Å². The number of carboxylic acid groups (broad SMARTS) is 1. The average Bonchev–Trinajstić information content (AvgIpc) is 2.78. The van der Waals surface area contributed by atoms with Crippen molar-refractivity contribution >= 4 is 58.3 Å². The molecule has 4 nitrogen and oxygen atoms in total. The first kappa shape index (κ1) is 24.2. The number of nitrogen functional groups attached to an aromatic ring is 1. The van der Waals surface area contributed by atoms with Gasteiger partial charge in [0.2, 0.25) is 0 Å². The topological polar surface area (TPSA) is 87.2 Å². The molecule has 0 spiro atoms. The Morgan fingerprint density at radius 1 is 1.09 bits per heavy atom. The number of aliphatic carboxylic acids is 1. The number of carboxylic acids is 1. The minimum atomic E-state index is -1.04. The van der Waals surface area contributed by atoms with Crippen LogP contribution < -0.4 is 5.73 Å². The van der Waals surface area contributed by atoms with Gasteiger partial charge in [0.15, 0.2) is 0 Å². The van der Waals surface area contributed by atoms with E-state index in [4.69, 9.17) is 39.5 Å². The molecule has 0 amide bonds. The Labute approximate surface area is 201 Å². The summed E-state index contributed by atoms with van der Waals surface area (Å²) in [6.07, 6.45) is 4.22. The lowest BCUT2D eigenvalue weighted by Crippen LogP contribution is -2.01. The van der Waals surface area contributed by atoms with Gasteiger partial charge in [-0.05, 0) is 58.5 Å². The van der Waals surface area contributed by atoms with Gasteiger partial charge in [-0.2, -0.15) is 0 Å². The third kappa shape index (κ3) is 5.33. The van der Waals surface area contributed by atoms with Crippen molar-refractivity contribution in [1.82, 2.24) is 0 Å². The molecule has 0 aliphatic heterocycles. The Hall–Kier alpha value is -3.41. The second kappa shape index (κ2) is 10.5. The van der Waals surface area contributed by atoms with Crippen molar-refractivity contribution in [3.8, 4) is 0 Å². The minimum Gasteiger partial charge on any atom is -0.478 e. The van der Waals surface area contributed by atoms with E-state index in [1.165, 1.54) is 18.2 Å². The number of carbonyl (C=O) groups is 1. The average molecular weight is 483 g/mol. The molecule has 3 rings (SSSR count). The number of hydrogen-bond donors (Lipinski definition) is 3. The van der Waals surface area contributed by atoms with Crippen molar-refractivity contribution in [3.63, 3.8) is 0 Å². The predicted molar refractivity (Wildman–Crippen MR) is 134 cm³/mol. The number of benzene rings is 3. The van der Waals surface area contributed by atoms with Gasteiger partial charge >= 0.3 is 5.97 Å². The van der Waals surface area contributed by atoms with Crippen LogP contribution >= 0.6 is 23.2 Å². The zero-order valence-electron chi connectivity index (χ0n) is 17.7. The zero-order chi connectivity index (χ0) is 24.1. The van der Waals surface area contributed by atoms with Gasteiger partial charge in [-0.1, -0.05) is 66.5 Å². The van der Waals surface area contributed by atoms with E-state index in [9.17, 15) is 9.18 Å². The number of anilines is 1. The van der Waals surface area contributed by atoms with Gasteiger partial charge in [0, 0.05) is 29.1 Å². The molecule has 33 heavy (non-hydrogen) atoms. The number of nitrogens with two attached hydrogens (primary N) is 1. The maximum atomic E-state index is 13.7. The third-order valence-electron chi connectivity index (χ3n) is 5.16. The number of hydrogen-bond acceptors (Lipinski definition) is 3. The van der Waals surface area contributed by atoms with Crippen LogP contribution in [-0.4, -0.2) is 17.3 Å². The smallest absolute Gasteiger partial charge is 0.328 e. The second-order valence-corrected chi connectivity index (χ2v) is 7.98. The molecule has 3 aromatic rings. The first-order valence-electron chi connectivity index (χ1n) is 10.1. The van der Waals surface area contributed by atoms with Gasteiger partial charge in [-0.15, -0.1) is 0 Å². The SMILES string of the molecule is CC/C(=C(/c1ccc(/C=C/C(=O)O)cc1)c1ccc(N)c(C=N)c1Cl)c1ccc(F)cc1Cl. The monoisotopic (exact) mass is 482 g/mol. The standard InChI is InChI=1S/C26H21Cl2FN2O2/c1-2-18(19-9-8-17(29)13-22(19)27)25(20-10-11-23(31)21(14-30)26(20)28)16-6-3-15(4-7-16)5-12-24(32)33/h3-14,30H,2,31H2,1H3,(H,32,33)/b12-5+,25-18+,30-14?. The predicted octanol–water partition coefficient (Wildman–Crippen LogP) is 7.18. The van der Waals surface area contributed by atoms with Crippen LogP contribution in [-0.2, 0) is 4.79 Å². The fourth-order valence-electron chi connectivity index (χ4n) is 3.60. The molecule has 7 heteroatoms. The van der Waals surface area contributed by atoms with E-state index in [0.29, 0.717) is 39.4 Å². The van der Waals surface area contributed by atoms with Gasteiger partial charge in [-0.3, -0.25) is 0 Å². The van der Waals surface area contributed by atoms with Crippen molar-refractivity contribution in [2.75, 3.05) is 5.73 Å². The summed E-state index contributed by atoms with van der Waals surface area (Å²) in [5.74, 6) is -1.47. The van der Waals surface area contributed by atoms with Gasteiger partial charge in [0.05, 0.1) is 10.0 Å². The number of rotatable bonds is 7. The lowest BCUT2D eigenvalue weighted by Gasteiger charge is -2.19. The summed E-state index contributed by atoms with van der Waals surface area (Å²) in [6, 6.07) is 15.0. The van der Waals surface area contributed by atoms with Crippen LogP contribution in [0, 0.1) is 11.2 Å². The van der Waals surface area contributed by atoms with E-state index in [2.05, 4.69) is 0 Å². The van der Waals surface area contributed by atoms with Gasteiger partial charge in [0.1, 0.15) is 5.82 Å². The molecule has 168 valence electrons. The molecule has 0 heterocycles. The van der Waals surface area contributed by atoms with E-state index in [0.717, 1.165) is 29.0 Å². The molecule has 0 saturated carbocycles. The van der Waals surface area contributed by atoms with Crippen LogP contribution in [0.2, 0.25) is 10.0 Å². The summed E-state index contributed by atoms with van der Waals surface area (Å²) in [5.41, 5.74) is 11.2. The van der Waals surface area contributed by atoms with Crippen LogP contribution in [0.4, 0.5) is 10.1 Å². The van der Waals surface area contributed by atoms with E-state index < -0.39 is 11.8 Å². The van der Waals surface area contributed by atoms with E-state index in [1.54, 1.807) is 30.3 Å². The Kier molecular flexibility index (Phi) is 7.69. The van der Waals surface area contributed by atoms with Crippen molar-refractivity contribution in [2.45, 2.75) is 13.3 Å². The van der Waals surface area contributed by atoms with Crippen LogP contribution in [0.1, 0.15) is 41.2 Å². The molecule has 0 radical (unpaired) electrons. The Balaban J connectivity index is 2.33. The molecule has 3 aromatic carbocycles. The molecule has 0 saturated heterocycles. The zero-order valence-corrected chi connectivity index (χ0v) is 19.2. The molecule has 0 aliphatic rings. The van der Waals surface area contributed by atoms with Gasteiger partial charge in [-0.25, -0.2) is 9.18 Å². The normalized spacial score (nSPS) is 12.0. The van der Waals surface area contributed by atoms with Gasteiger partial charge in [0.25, 0.3) is 0 Å². The summed E-state index contributed by atoms with van der Waals surface area (Å²) in [6.45, 7) is 1.96. The maximum Gasteiger partial charge on any atom is 0.328 e. The molecule has 0 aromatic heterocycles. The van der Waals surface area contributed by atoms with Crippen LogP contribution in [0.15, 0.2) is 60.7 Å². The molecule has 0 fully saturated rings. The fraction of sp³-hybridized carbons (Fsp3) is 0.0769. The largest absolute Gasteiger partial charge is 0.478 e. The molecular weight excluding hydrogens is 462 g/mol. The van der Waals surface area contributed by atoms with Crippen LogP contribution in [0.3, 0.4) is 0 Å². The first-order valence-corrected chi connectivity index (χ1v) is 10.8. The van der Waals surface area contributed by atoms with E-state index in [1.807, 2.05) is 19.1 Å². The van der Waals surface area contributed by atoms with E-state index in [-0.39, 0.29) is 5.02 Å². The molecule has 4 N–H and O–H groups in total. The Morgan fingerprint density at radius 2 is 1.76 bits per heavy atom. The van der Waals surface area contributed by atoms with Crippen molar-refractivity contribution in [1.29, 1.82) is 5.41 Å². The lowest BCUT2D eigenvalue weighted by atomic mass is 9.87. The molecule has 0 atom stereocenters. The Morgan fingerprint density at radius 3 is 2.33 bits per heavy atom. The first-order chi connectivity index (χ1) is 15.8. The van der Waals surface area contributed by atoms with Crippen molar-refractivity contribution in [2.24, 2.45) is 0 Å². The summed E-state index contributed by atoms with van der Waals surface area (Å²) >= 11 is 13.1. The highest BCUT2D eigenvalue weighted by molar-refractivity contribution is 6.36. The quantitative estimate of drug-likeness (QED) is 0.144. The van der Waals surface area contributed by atoms with Crippen LogP contribution in [0.5, 0.6) is 0 Å². The minimum absolute atomic E-state index is 0.268. The lowest BCUT2D eigenvalue weighted by molar-refractivity contribution is -0.131. The third-order valence-corrected chi connectivity index (χ3v) is 5.88. The maximum absolute atomic E-state index is 13.7. The molecular formula is C26H21Cl2FN2O2. The highest BCUT2D eigenvalue weighted by Crippen LogP contribution is 2.41. The molecule has 0 bridgehead atoms. The summed E-state index contributed by atoms with van der Waals surface area (Å²) in [4.78, 5) is 10.8. The molecule has 0 unspecified atom stereocenters. The number of halogens is 3. The number of allylic oxidation sites excluding steroid dienone is 1. The highest BCUT2D eigenvalue weighted by atomic mass is 35.5. The molecule has 0 aliphatic carbocycles. The summed E-state index contributed by atoms with van der Waals surface area (Å²) < 4.78 is 13.7. The summed E-state index contributed by atoms with van der Waals surface area (Å²) in [5, 5.41) is 17.2. The van der Waals surface area contributed by atoms with E-state index >= 15 is 0 Å². The Bertz CT molecular complexity index is 1280. The second-order valence-electron chi connectivity index (χ2n) is 7.20.